The third kappa shape index (κ3) is 6.80. The van der Waals surface area contributed by atoms with E-state index < -0.39 is 0 Å². The van der Waals surface area contributed by atoms with Crippen molar-refractivity contribution in [3.8, 4) is 45.3 Å². The largest absolute Gasteiger partial charge is 0.507 e. The van der Waals surface area contributed by atoms with Crippen LogP contribution >= 0.6 is 0 Å². The second-order valence-corrected chi connectivity index (χ2v) is 15.9. The van der Waals surface area contributed by atoms with Crippen LogP contribution in [0.25, 0.3) is 72.0 Å². The SMILES string of the molecule is CC(C)c1cccc(C(C)C)c1-c1[c-]c2c(-c3nc(-c4ccc5ccc6cccc(O)c6c5n4)cn3-c3c(C(C)C)cccc3C(C)C)cccc2cc1.[Pt]. The number of rotatable bonds is 8. The summed E-state index contributed by atoms with van der Waals surface area (Å²) in [5.74, 6) is 2.40. The summed E-state index contributed by atoms with van der Waals surface area (Å²) in [5.41, 5.74) is 12.1. The molecule has 0 aliphatic rings. The van der Waals surface area contributed by atoms with Crippen LogP contribution < -0.4 is 0 Å². The number of aromatic nitrogens is 3. The van der Waals surface area contributed by atoms with Gasteiger partial charge < -0.3 is 9.67 Å². The summed E-state index contributed by atoms with van der Waals surface area (Å²) in [6.07, 6.45) is 2.16. The minimum atomic E-state index is 0. The van der Waals surface area contributed by atoms with Crippen LogP contribution in [0.4, 0.5) is 0 Å². The second kappa shape index (κ2) is 15.2. The van der Waals surface area contributed by atoms with Crippen molar-refractivity contribution in [3.63, 3.8) is 0 Å². The number of pyridine rings is 1. The maximum atomic E-state index is 11.0. The number of para-hydroxylation sites is 1. The topological polar surface area (TPSA) is 50.9 Å². The predicted molar refractivity (Wildman–Crippen MR) is 227 cm³/mol. The van der Waals surface area contributed by atoms with Crippen LogP contribution in [-0.2, 0) is 21.1 Å². The van der Waals surface area contributed by atoms with Gasteiger partial charge in [0.05, 0.1) is 16.9 Å². The maximum absolute atomic E-state index is 11.0. The Bertz CT molecular complexity index is 2650. The number of aromatic hydroxyl groups is 1. The number of fused-ring (bicyclic) bond motifs is 4. The number of hydrogen-bond acceptors (Lipinski definition) is 3. The second-order valence-electron chi connectivity index (χ2n) is 15.9. The minimum Gasteiger partial charge on any atom is -0.507 e. The third-order valence-electron chi connectivity index (χ3n) is 10.9. The van der Waals surface area contributed by atoms with Gasteiger partial charge in [0.2, 0.25) is 0 Å². The Morgan fingerprint density at radius 3 is 1.75 bits per heavy atom. The summed E-state index contributed by atoms with van der Waals surface area (Å²) >= 11 is 0. The standard InChI is InChI=1S/C50H48N3O.Pt/c1-29(2)37-15-11-16-38(30(3)4)46(37)36-24-21-33-13-9-19-41(42(33)27-36)50-52-44(28-53(50)49-39(31(5)6)17-12-18-40(49)32(7)8)43-26-25-35-23-22-34-14-10-20-45(54)47(34)48(35)51-43;/h9-26,28-32,54H,1-8H3;/q-1;. The molecule has 2 aromatic heterocycles. The van der Waals surface area contributed by atoms with Gasteiger partial charge in [0.15, 0.2) is 0 Å². The quantitative estimate of drug-likeness (QED) is 0.122. The fourth-order valence-electron chi connectivity index (χ4n) is 8.13. The van der Waals surface area contributed by atoms with Gasteiger partial charge in [-0.25, -0.2) is 9.97 Å². The molecule has 0 bridgehead atoms. The molecule has 0 spiro atoms. The summed E-state index contributed by atoms with van der Waals surface area (Å²) in [4.78, 5) is 10.7. The first-order valence-electron chi connectivity index (χ1n) is 19.3. The van der Waals surface area contributed by atoms with E-state index in [2.05, 4.69) is 151 Å². The van der Waals surface area contributed by atoms with Crippen LogP contribution in [0.5, 0.6) is 5.75 Å². The molecule has 0 radical (unpaired) electrons. The number of hydrogen-bond donors (Lipinski definition) is 1. The van der Waals surface area contributed by atoms with Crippen LogP contribution in [0, 0.1) is 6.07 Å². The Labute approximate surface area is 339 Å². The number of imidazole rings is 1. The van der Waals surface area contributed by atoms with Gasteiger partial charge in [-0.3, -0.25) is 0 Å². The van der Waals surface area contributed by atoms with Gasteiger partial charge in [0.1, 0.15) is 17.3 Å². The van der Waals surface area contributed by atoms with E-state index in [9.17, 15) is 5.11 Å². The summed E-state index contributed by atoms with van der Waals surface area (Å²) < 4.78 is 2.31. The summed E-state index contributed by atoms with van der Waals surface area (Å²) in [5, 5.41) is 15.8. The number of phenols is 1. The van der Waals surface area contributed by atoms with E-state index in [0.29, 0.717) is 23.7 Å². The van der Waals surface area contributed by atoms with Gasteiger partial charge >= 0.3 is 0 Å². The molecule has 0 unspecified atom stereocenters. The summed E-state index contributed by atoms with van der Waals surface area (Å²) in [7, 11) is 0. The Hall–Kier alpha value is -5.05. The van der Waals surface area contributed by atoms with Crippen LogP contribution in [0.3, 0.4) is 0 Å². The molecule has 0 aliphatic carbocycles. The van der Waals surface area contributed by atoms with E-state index in [1.165, 1.54) is 33.5 Å². The van der Waals surface area contributed by atoms with E-state index in [0.717, 1.165) is 60.8 Å². The van der Waals surface area contributed by atoms with E-state index in [-0.39, 0.29) is 26.8 Å². The molecule has 1 N–H and O–H groups in total. The summed E-state index contributed by atoms with van der Waals surface area (Å²) in [6.45, 7) is 18.2. The van der Waals surface area contributed by atoms with Gasteiger partial charge in [-0.2, -0.15) is 0 Å². The van der Waals surface area contributed by atoms with Crippen molar-refractivity contribution in [2.24, 2.45) is 0 Å². The van der Waals surface area contributed by atoms with Crippen LogP contribution in [0.15, 0.2) is 115 Å². The molecular formula is C50H48N3OPt-. The third-order valence-corrected chi connectivity index (χ3v) is 10.9. The fourth-order valence-corrected chi connectivity index (χ4v) is 8.13. The van der Waals surface area contributed by atoms with Crippen LogP contribution in [0.2, 0.25) is 0 Å². The molecule has 6 aromatic carbocycles. The zero-order chi connectivity index (χ0) is 37.8. The Morgan fingerprint density at radius 2 is 1.09 bits per heavy atom. The first-order chi connectivity index (χ1) is 26.0. The van der Waals surface area contributed by atoms with Gasteiger partial charge in [0, 0.05) is 38.0 Å². The van der Waals surface area contributed by atoms with Gasteiger partial charge in [0.25, 0.3) is 0 Å². The van der Waals surface area contributed by atoms with Crippen molar-refractivity contribution >= 4 is 32.4 Å². The van der Waals surface area contributed by atoms with Crippen molar-refractivity contribution < 1.29 is 26.2 Å². The Balaban J connectivity index is 0.00000465. The van der Waals surface area contributed by atoms with Crippen molar-refractivity contribution in [2.75, 3.05) is 0 Å². The Kier molecular flexibility index (Phi) is 10.6. The van der Waals surface area contributed by atoms with E-state index in [4.69, 9.17) is 9.97 Å². The molecule has 8 rings (SSSR count). The molecule has 55 heavy (non-hydrogen) atoms. The maximum Gasteiger partial charge on any atom is 0.125 e. The molecule has 0 amide bonds. The van der Waals surface area contributed by atoms with Gasteiger partial charge in [-0.1, -0.05) is 162 Å². The minimum absolute atomic E-state index is 0. The monoisotopic (exact) mass is 901 g/mol. The first kappa shape index (κ1) is 38.2. The van der Waals surface area contributed by atoms with E-state index in [1.54, 1.807) is 6.07 Å². The normalized spacial score (nSPS) is 11.9. The van der Waals surface area contributed by atoms with Crippen molar-refractivity contribution in [3.05, 3.63) is 144 Å². The number of benzene rings is 6. The molecule has 0 atom stereocenters. The molecule has 5 heteroatoms. The average Bonchev–Trinajstić information content (AvgIpc) is 3.61. The molecule has 0 aliphatic heterocycles. The molecule has 4 nitrogen and oxygen atoms in total. The van der Waals surface area contributed by atoms with E-state index in [1.807, 2.05) is 24.3 Å². The molecule has 0 fully saturated rings. The first-order valence-corrected chi connectivity index (χ1v) is 19.3. The summed E-state index contributed by atoms with van der Waals surface area (Å²) in [6, 6.07) is 42.2. The number of phenolic OH excluding ortho intramolecular Hbond substituents is 1. The molecule has 2 heterocycles. The van der Waals surface area contributed by atoms with Crippen molar-refractivity contribution in [1.29, 1.82) is 0 Å². The smallest absolute Gasteiger partial charge is 0.125 e. The van der Waals surface area contributed by atoms with Gasteiger partial charge in [-0.15, -0.1) is 29.1 Å². The molecule has 0 saturated heterocycles. The fraction of sp³-hybridized carbons (Fsp3) is 0.240. The number of nitrogens with zero attached hydrogens (tertiary/aromatic N) is 3. The Morgan fingerprint density at radius 1 is 0.545 bits per heavy atom. The van der Waals surface area contributed by atoms with E-state index >= 15 is 0 Å². The molecular weight excluding hydrogens is 854 g/mol. The van der Waals surface area contributed by atoms with Crippen LogP contribution in [0.1, 0.15) is 101 Å². The van der Waals surface area contributed by atoms with Gasteiger partial charge in [-0.05, 0) is 57.9 Å². The van der Waals surface area contributed by atoms with Crippen molar-refractivity contribution in [1.82, 2.24) is 14.5 Å². The molecule has 280 valence electrons. The zero-order valence-electron chi connectivity index (χ0n) is 32.9. The van der Waals surface area contributed by atoms with Crippen LogP contribution in [-0.4, -0.2) is 19.6 Å². The average molecular weight is 902 g/mol. The van der Waals surface area contributed by atoms with Crippen molar-refractivity contribution in [2.45, 2.75) is 79.1 Å². The molecule has 0 saturated carbocycles. The predicted octanol–water partition coefficient (Wildman–Crippen LogP) is 13.7. The zero-order valence-corrected chi connectivity index (χ0v) is 35.2. The molecule has 8 aromatic rings.